The van der Waals surface area contributed by atoms with Gasteiger partial charge in [-0.05, 0) is 51.4 Å². The zero-order chi connectivity index (χ0) is 60.2. The maximum absolute atomic E-state index is 10.9. The standard InChI is InChI=1S/4C6H7O7.4C2H8N2.4Fe.2O2.16H2O.6O.2U/c4*7-3(8)1-6(13,5(11)12)2-4(9)10;4*3-1-2-4;;;;;2*1-2;;;;;;;;;;;;;;;;;;;;;;;;/h4*1-2H2,(H,7,8)(H,9,10)(H,11,12);4*1-4H2;;;;;;;16*1H2;;;;;;;;/q4*-1;;;;;4*+3;;;;;;;;;;;;;;;;;;;6*-2;;/p-8. The minimum Gasteiger partial charge on any atom is -2.00 e. The van der Waals surface area contributed by atoms with Crippen molar-refractivity contribution in [3.8, 4) is 0 Å². The van der Waals surface area contributed by atoms with Crippen LogP contribution in [-0.4, -0.2) is 234 Å². The molecule has 0 saturated heterocycles. The summed E-state index contributed by atoms with van der Waals surface area (Å²) in [5.41, 5.74) is 15.4. The first-order valence-corrected chi connectivity index (χ1v) is 18.7. The summed E-state index contributed by atoms with van der Waals surface area (Å²) >= 11 is 0. The fourth-order valence-corrected chi connectivity index (χ4v) is 2.69. The van der Waals surface area contributed by atoms with E-state index in [1.165, 1.54) is 0 Å². The molecule has 0 aromatic rings. The maximum Gasteiger partial charge on any atom is 3.00 e. The average molecular weight is 2140 g/mol. The monoisotopic (exact) mass is 2140 g/mol. The van der Waals surface area contributed by atoms with Crippen LogP contribution >= 0.6 is 0 Å². The molecule has 0 heterocycles. The molecule has 0 aromatic carbocycles. The van der Waals surface area contributed by atoms with Crippen LogP contribution in [0.3, 0.4) is 0 Å². The third kappa shape index (κ3) is 198. The van der Waals surface area contributed by atoms with E-state index < -0.39 is 145 Å². The number of carbonyl (C=O) groups excluding carboxylic acids is 12. The Balaban J connectivity index is -0.0000000120. The Morgan fingerprint density at radius 3 is 0.280 bits per heavy atom. The average Bonchev–Trinajstić information content (AvgIpc) is 3.23. The number of carboxylic acids is 12. The summed E-state index contributed by atoms with van der Waals surface area (Å²) in [6.07, 6.45) is -11.8. The maximum atomic E-state index is 10.9. The van der Waals surface area contributed by atoms with Gasteiger partial charge in [0.2, 0.25) is 0 Å². The number of aliphatic carboxylic acids is 12. The molecular formula is C32H84Fe4N8O54U2-12. The molecule has 0 atom stereocenters. The Kier molecular flexibility index (Phi) is 417. The number of hydrogen-bond acceptors (Lipinski definition) is 36. The van der Waals surface area contributed by atoms with Crippen molar-refractivity contribution in [1.82, 2.24) is 0 Å². The molecule has 0 aromatic heterocycles. The molecule has 0 bridgehead atoms. The van der Waals surface area contributed by atoms with Crippen molar-refractivity contribution in [2.24, 2.45) is 0 Å². The Morgan fingerprint density at radius 1 is 0.210 bits per heavy atom. The largest absolute Gasteiger partial charge is 3.00 e. The molecule has 100 heavy (non-hydrogen) atoms. The first kappa shape index (κ1) is 258. The second-order valence-corrected chi connectivity index (χ2v) is 12.3. The summed E-state index contributed by atoms with van der Waals surface area (Å²) in [7, 11) is 0. The fraction of sp³-hybridized carbons (Fsp3) is 0.625. The quantitative estimate of drug-likeness (QED) is 0.0416. The summed E-state index contributed by atoms with van der Waals surface area (Å²) < 4.78 is 0. The predicted octanol–water partition coefficient (Wildman–Crippen LogP) is -44.9. The minimum atomic E-state index is -3.22. The summed E-state index contributed by atoms with van der Waals surface area (Å²) in [5.74, 6) is -24.9. The van der Waals surface area contributed by atoms with Gasteiger partial charge in [0.1, 0.15) is 52.4 Å². The van der Waals surface area contributed by atoms with E-state index in [0.29, 0.717) is 0 Å². The SMILES string of the molecule is O.O.O.O.O.O.O.O.O.O.O.O.O=C([O-])CC([O-])(CC(=O)[O-])C(=O)[O-].O=C([O-])CC([O-])(CC(=O)[O-])C(=O)[O-].O=C([O-])CC([O-])(CC(=O)[O-])C(=O)[O-].O=C([O-])CC([O-])(CC(=O)[O-])C(=O)[O-].O=O.O=O.[Fe+3].[Fe+3].[Fe+3].[Fe+3].[NH3+]CC[NH3+].[NH3+]CC[NH3+].[NH3+]CC[NH3+].[NH3+]CC[NH3+].[O-2].[O-2].[O-2].[O-2].[O-2].[O-2].[OH-].[OH-].[OH-].[OH-].[U].[U]. The second-order valence-electron chi connectivity index (χ2n) is 12.3. The van der Waals surface area contributed by atoms with Gasteiger partial charge in [-0.3, -0.25) is 0 Å². The molecule has 0 aliphatic carbocycles. The van der Waals surface area contributed by atoms with Crippen molar-refractivity contribution in [3.05, 3.63) is 19.9 Å². The molecule has 0 amide bonds. The molecule has 0 rings (SSSR count). The number of quaternary nitrogens is 8. The normalized spacial score (nSPS) is 6.92. The molecule has 0 fully saturated rings. The zero-order valence-corrected chi connectivity index (χ0v) is 63.4. The van der Waals surface area contributed by atoms with Crippen molar-refractivity contribution in [3.63, 3.8) is 0 Å². The van der Waals surface area contributed by atoms with Crippen LogP contribution in [0.2, 0.25) is 0 Å². The van der Waals surface area contributed by atoms with Crippen LogP contribution in [0.15, 0.2) is 0 Å². The molecule has 0 aliphatic rings. The third-order valence-corrected chi connectivity index (χ3v) is 5.93. The summed E-state index contributed by atoms with van der Waals surface area (Å²) in [6, 6.07) is 0. The van der Waals surface area contributed by atoms with Gasteiger partial charge in [-0.25, -0.2) is 0 Å². The van der Waals surface area contributed by atoms with Gasteiger partial charge >= 0.3 is 68.3 Å². The van der Waals surface area contributed by atoms with Crippen LogP contribution in [-0.2, 0) is 159 Å². The van der Waals surface area contributed by atoms with Gasteiger partial charge in [-0.15, -0.1) is 0 Å². The van der Waals surface area contributed by atoms with E-state index in [1.54, 1.807) is 0 Å². The molecule has 0 unspecified atom stereocenters. The van der Waals surface area contributed by atoms with Crippen molar-refractivity contribution >= 4 is 71.6 Å². The molecule has 0 saturated carbocycles. The first-order valence-electron chi connectivity index (χ1n) is 18.7. The number of hydrogen-bond donors (Lipinski definition) is 8. The van der Waals surface area contributed by atoms with E-state index in [2.05, 4.69) is 45.9 Å². The van der Waals surface area contributed by atoms with Crippen LogP contribution < -0.4 is 128 Å². The fourth-order valence-electron chi connectivity index (χ4n) is 2.69. The van der Waals surface area contributed by atoms with Gasteiger partial charge in [-0.2, -0.15) is 0 Å². The number of rotatable bonds is 24. The Labute approximate surface area is 649 Å². The smallest absolute Gasteiger partial charge is 2.00 e. The van der Waals surface area contributed by atoms with Crippen LogP contribution in [0.1, 0.15) is 51.4 Å². The van der Waals surface area contributed by atoms with Crippen molar-refractivity contribution in [2.45, 2.75) is 73.8 Å². The molecule has 0 aliphatic heterocycles. The zero-order valence-electron chi connectivity index (χ0n) is 50.7. The van der Waals surface area contributed by atoms with Gasteiger partial charge < -0.3 is 306 Å². The summed E-state index contributed by atoms with van der Waals surface area (Å²) in [5, 5.41) is 163. The molecule has 62 nitrogen and oxygen atoms in total. The van der Waals surface area contributed by atoms with Gasteiger partial charge in [0.25, 0.3) is 0 Å². The van der Waals surface area contributed by atoms with Crippen molar-refractivity contribution < 1.29 is 436 Å². The van der Waals surface area contributed by atoms with E-state index in [4.69, 9.17) is 19.9 Å². The van der Waals surface area contributed by atoms with E-state index in [9.17, 15) is 139 Å². The summed E-state index contributed by atoms with van der Waals surface area (Å²) in [6.45, 7) is 7.67. The predicted molar refractivity (Wildman–Crippen MR) is 239 cm³/mol. The van der Waals surface area contributed by atoms with Crippen LogP contribution in [0.4, 0.5) is 0 Å². The van der Waals surface area contributed by atoms with Gasteiger partial charge in [0.15, 0.2) is 0 Å². The second kappa shape index (κ2) is 162. The van der Waals surface area contributed by atoms with Gasteiger partial charge in [0.05, 0.1) is 0 Å². The minimum absolute atomic E-state index is 0. The topological polar surface area (TPSA) is 1530 Å². The molecule has 52 N–H and O–H groups in total. The van der Waals surface area contributed by atoms with Crippen LogP contribution in [0.25, 0.3) is 0 Å². The van der Waals surface area contributed by atoms with Crippen molar-refractivity contribution in [1.29, 1.82) is 0 Å². The Bertz CT molecular complexity index is 1360. The van der Waals surface area contributed by atoms with Gasteiger partial charge in [-0.1, -0.05) is 22.4 Å². The van der Waals surface area contributed by atoms with E-state index in [-0.39, 0.29) is 251 Å². The Morgan fingerprint density at radius 2 is 0.260 bits per heavy atom. The van der Waals surface area contributed by atoms with Crippen LogP contribution in [0, 0.1) is 82.1 Å². The molecule has 4 radical (unpaired) electrons. The van der Waals surface area contributed by atoms with E-state index >= 15 is 0 Å². The molecule has 628 valence electrons. The molecular weight excluding hydrogens is 2060 g/mol. The van der Waals surface area contributed by atoms with E-state index in [1.807, 2.05) is 0 Å². The van der Waals surface area contributed by atoms with Gasteiger partial charge in [0, 0.05) is 154 Å². The molecule has 0 spiro atoms. The molecule has 68 heteroatoms. The first-order chi connectivity index (χ1) is 32.8. The Hall–Kier alpha value is -4.34. The number of carboxylic acid groups (broad SMARTS) is 12. The van der Waals surface area contributed by atoms with E-state index in [0.717, 1.165) is 52.4 Å². The number of carbonyl (C=O) groups is 12. The summed E-state index contributed by atoms with van der Waals surface area (Å²) in [4.78, 5) is 147. The van der Waals surface area contributed by atoms with Crippen molar-refractivity contribution in [2.75, 3.05) is 52.4 Å². The third-order valence-electron chi connectivity index (χ3n) is 5.93. The van der Waals surface area contributed by atoms with Crippen LogP contribution in [0.5, 0.6) is 0 Å².